The maximum absolute atomic E-state index is 11.8. The zero-order chi connectivity index (χ0) is 17.4. The SMILES string of the molecule is CC(C)CSc1nnc(SCC(=O)NC(=O)NC2CCCCC2)s1. The van der Waals surface area contributed by atoms with Crippen LogP contribution in [-0.2, 0) is 4.79 Å². The third-order valence-electron chi connectivity index (χ3n) is 3.45. The number of nitrogens with zero attached hydrogens (tertiary/aromatic N) is 2. The molecule has 3 amide bonds. The topological polar surface area (TPSA) is 84.0 Å². The number of carbonyl (C=O) groups is 2. The molecule has 9 heteroatoms. The molecule has 24 heavy (non-hydrogen) atoms. The fourth-order valence-electron chi connectivity index (χ4n) is 2.31. The second kappa shape index (κ2) is 10.2. The van der Waals surface area contributed by atoms with E-state index < -0.39 is 6.03 Å². The molecular weight excluding hydrogens is 364 g/mol. The van der Waals surface area contributed by atoms with Crippen molar-refractivity contribution >= 4 is 46.8 Å². The molecule has 2 rings (SSSR count). The lowest BCUT2D eigenvalue weighted by Gasteiger charge is -2.22. The van der Waals surface area contributed by atoms with Crippen molar-refractivity contribution < 1.29 is 9.59 Å². The summed E-state index contributed by atoms with van der Waals surface area (Å²) in [5.74, 6) is 1.46. The Morgan fingerprint density at radius 2 is 1.83 bits per heavy atom. The minimum absolute atomic E-state index is 0.168. The van der Waals surface area contributed by atoms with E-state index in [9.17, 15) is 9.59 Å². The second-order valence-electron chi connectivity index (χ2n) is 6.18. The summed E-state index contributed by atoms with van der Waals surface area (Å²) >= 11 is 4.48. The molecule has 2 N–H and O–H groups in total. The average molecular weight is 389 g/mol. The summed E-state index contributed by atoms with van der Waals surface area (Å²) in [6, 6.07) is -0.194. The number of carbonyl (C=O) groups excluding carboxylic acids is 2. The maximum atomic E-state index is 11.8. The van der Waals surface area contributed by atoms with E-state index in [1.807, 2.05) is 0 Å². The maximum Gasteiger partial charge on any atom is 0.321 e. The molecule has 134 valence electrons. The Kier molecular flexibility index (Phi) is 8.34. The Labute approximate surface area is 155 Å². The minimum atomic E-state index is -0.391. The number of nitrogens with one attached hydrogen (secondary N) is 2. The molecule has 1 aromatic rings. The Morgan fingerprint density at radius 1 is 1.17 bits per heavy atom. The number of hydrogen-bond donors (Lipinski definition) is 2. The van der Waals surface area contributed by atoms with Crippen molar-refractivity contribution in [3.05, 3.63) is 0 Å². The Morgan fingerprint density at radius 3 is 2.50 bits per heavy atom. The van der Waals surface area contributed by atoms with Gasteiger partial charge in [0.15, 0.2) is 8.68 Å². The quantitative estimate of drug-likeness (QED) is 0.695. The van der Waals surface area contributed by atoms with E-state index in [4.69, 9.17) is 0 Å². The van der Waals surface area contributed by atoms with Gasteiger partial charge in [-0.1, -0.05) is 68.0 Å². The van der Waals surface area contributed by atoms with Crippen molar-refractivity contribution in [2.24, 2.45) is 5.92 Å². The van der Waals surface area contributed by atoms with Crippen molar-refractivity contribution in [2.75, 3.05) is 11.5 Å². The molecule has 0 radical (unpaired) electrons. The first-order valence-electron chi connectivity index (χ1n) is 8.22. The lowest BCUT2D eigenvalue weighted by atomic mass is 9.96. The molecule has 0 unspecified atom stereocenters. The average Bonchev–Trinajstić information content (AvgIpc) is 3.00. The van der Waals surface area contributed by atoms with Gasteiger partial charge in [0.05, 0.1) is 5.75 Å². The third-order valence-corrected chi connectivity index (χ3v) is 7.06. The van der Waals surface area contributed by atoms with Crippen molar-refractivity contribution in [1.29, 1.82) is 0 Å². The number of urea groups is 1. The lowest BCUT2D eigenvalue weighted by Crippen LogP contribution is -2.45. The summed E-state index contributed by atoms with van der Waals surface area (Å²) in [5.41, 5.74) is 0. The molecule has 1 heterocycles. The summed E-state index contributed by atoms with van der Waals surface area (Å²) < 4.78 is 1.67. The number of imide groups is 1. The van der Waals surface area contributed by atoms with Crippen LogP contribution in [0.15, 0.2) is 8.68 Å². The monoisotopic (exact) mass is 388 g/mol. The summed E-state index contributed by atoms with van der Waals surface area (Å²) in [5, 5.41) is 13.4. The minimum Gasteiger partial charge on any atom is -0.335 e. The fraction of sp³-hybridized carbons (Fsp3) is 0.733. The van der Waals surface area contributed by atoms with Crippen molar-refractivity contribution in [3.63, 3.8) is 0 Å². The molecule has 1 aliphatic carbocycles. The van der Waals surface area contributed by atoms with Crippen LogP contribution in [0.5, 0.6) is 0 Å². The highest BCUT2D eigenvalue weighted by Gasteiger charge is 2.17. The number of amides is 3. The first-order valence-corrected chi connectivity index (χ1v) is 11.0. The van der Waals surface area contributed by atoms with E-state index >= 15 is 0 Å². The predicted octanol–water partition coefficient (Wildman–Crippen LogP) is 3.54. The first kappa shape index (κ1) is 19.5. The predicted molar refractivity (Wildman–Crippen MR) is 99.7 cm³/mol. The smallest absolute Gasteiger partial charge is 0.321 e. The normalized spacial score (nSPS) is 15.5. The van der Waals surface area contributed by atoms with Crippen LogP contribution < -0.4 is 10.6 Å². The summed E-state index contributed by atoms with van der Waals surface area (Å²) in [6.07, 6.45) is 5.51. The summed E-state index contributed by atoms with van der Waals surface area (Å²) in [4.78, 5) is 23.7. The van der Waals surface area contributed by atoms with Gasteiger partial charge in [-0.15, -0.1) is 10.2 Å². The van der Waals surface area contributed by atoms with Crippen LogP contribution in [0.2, 0.25) is 0 Å². The first-order chi connectivity index (χ1) is 11.5. The van der Waals surface area contributed by atoms with Crippen LogP contribution in [0.3, 0.4) is 0 Å². The van der Waals surface area contributed by atoms with Gasteiger partial charge in [0.2, 0.25) is 5.91 Å². The van der Waals surface area contributed by atoms with Gasteiger partial charge >= 0.3 is 6.03 Å². The number of rotatable bonds is 7. The third kappa shape index (κ3) is 7.40. The van der Waals surface area contributed by atoms with Gasteiger partial charge in [0.1, 0.15) is 0 Å². The van der Waals surface area contributed by atoms with Crippen molar-refractivity contribution in [1.82, 2.24) is 20.8 Å². The van der Waals surface area contributed by atoms with E-state index in [-0.39, 0.29) is 17.7 Å². The molecule has 1 saturated carbocycles. The Balaban J connectivity index is 1.66. The van der Waals surface area contributed by atoms with Crippen LogP contribution in [-0.4, -0.2) is 39.7 Å². The summed E-state index contributed by atoms with van der Waals surface area (Å²) in [7, 11) is 0. The van der Waals surface area contributed by atoms with Crippen LogP contribution >= 0.6 is 34.9 Å². The molecule has 0 aromatic carbocycles. The van der Waals surface area contributed by atoms with Crippen LogP contribution in [0.1, 0.15) is 46.0 Å². The van der Waals surface area contributed by atoms with Crippen molar-refractivity contribution in [3.8, 4) is 0 Å². The number of aromatic nitrogens is 2. The molecule has 0 aliphatic heterocycles. The van der Waals surface area contributed by atoms with Gasteiger partial charge in [-0.3, -0.25) is 10.1 Å². The van der Waals surface area contributed by atoms with Gasteiger partial charge in [-0.25, -0.2) is 4.79 Å². The highest BCUT2D eigenvalue weighted by atomic mass is 32.2. The highest BCUT2D eigenvalue weighted by molar-refractivity contribution is 8.03. The van der Waals surface area contributed by atoms with Gasteiger partial charge in [-0.05, 0) is 18.8 Å². The van der Waals surface area contributed by atoms with Gasteiger partial charge in [0, 0.05) is 11.8 Å². The summed E-state index contributed by atoms with van der Waals surface area (Å²) in [6.45, 7) is 4.32. The molecule has 0 bridgehead atoms. The standard InChI is InChI=1S/C15H24N4O2S3/c1-10(2)8-22-14-18-19-15(24-14)23-9-12(20)17-13(21)16-11-6-4-3-5-7-11/h10-11H,3-9H2,1-2H3,(H2,16,17,20,21). The molecule has 1 aliphatic rings. The second-order valence-corrected chi connectivity index (χ2v) is 9.65. The van der Waals surface area contributed by atoms with Gasteiger partial charge in [0.25, 0.3) is 0 Å². The molecular formula is C15H24N4O2S3. The molecule has 0 spiro atoms. The van der Waals surface area contributed by atoms with Crippen LogP contribution in [0.4, 0.5) is 4.79 Å². The Hall–Kier alpha value is -0.800. The van der Waals surface area contributed by atoms with Crippen LogP contribution in [0, 0.1) is 5.92 Å². The Bertz CT molecular complexity index is 545. The highest BCUT2D eigenvalue weighted by Crippen LogP contribution is 2.29. The van der Waals surface area contributed by atoms with E-state index in [0.717, 1.165) is 40.1 Å². The van der Waals surface area contributed by atoms with E-state index in [1.54, 1.807) is 11.8 Å². The van der Waals surface area contributed by atoms with E-state index in [0.29, 0.717) is 5.92 Å². The molecule has 6 nitrogen and oxygen atoms in total. The fourth-order valence-corrected chi connectivity index (χ4v) is 5.11. The van der Waals surface area contributed by atoms with E-state index in [2.05, 4.69) is 34.7 Å². The van der Waals surface area contributed by atoms with Crippen molar-refractivity contribution in [2.45, 2.75) is 60.7 Å². The van der Waals surface area contributed by atoms with Gasteiger partial charge < -0.3 is 5.32 Å². The zero-order valence-electron chi connectivity index (χ0n) is 14.0. The van der Waals surface area contributed by atoms with Gasteiger partial charge in [-0.2, -0.15) is 0 Å². The van der Waals surface area contributed by atoms with E-state index in [1.165, 1.54) is 29.5 Å². The lowest BCUT2D eigenvalue weighted by molar-refractivity contribution is -0.117. The largest absolute Gasteiger partial charge is 0.335 e. The molecule has 0 atom stereocenters. The molecule has 0 saturated heterocycles. The number of thioether (sulfide) groups is 2. The zero-order valence-corrected chi connectivity index (χ0v) is 16.5. The van der Waals surface area contributed by atoms with Crippen LogP contribution in [0.25, 0.3) is 0 Å². The molecule has 1 fully saturated rings. The number of hydrogen-bond acceptors (Lipinski definition) is 7. The molecule has 1 aromatic heterocycles.